The van der Waals surface area contributed by atoms with Crippen LogP contribution in [0.5, 0.6) is 0 Å². The lowest BCUT2D eigenvalue weighted by Crippen LogP contribution is -2.53. The van der Waals surface area contributed by atoms with Gasteiger partial charge >= 0.3 is 5.97 Å². The molecular formula is C27H31ClN6O2. The van der Waals surface area contributed by atoms with Crippen molar-refractivity contribution in [3.8, 4) is 11.3 Å². The number of anilines is 3. The number of carboxylic acids is 1. The molecule has 8 nitrogen and oxygen atoms in total. The predicted molar refractivity (Wildman–Crippen MR) is 143 cm³/mol. The smallest absolute Gasteiger partial charge is 0.337 e. The second-order valence-electron chi connectivity index (χ2n) is 9.76. The van der Waals surface area contributed by atoms with Crippen molar-refractivity contribution in [1.82, 2.24) is 15.0 Å². The molecule has 5 rings (SSSR count). The van der Waals surface area contributed by atoms with Crippen molar-refractivity contribution in [2.24, 2.45) is 0 Å². The van der Waals surface area contributed by atoms with E-state index in [0.717, 1.165) is 73.4 Å². The molecule has 1 N–H and O–H groups in total. The number of rotatable bonds is 5. The predicted octanol–water partition coefficient (Wildman–Crippen LogP) is 4.90. The maximum absolute atomic E-state index is 11.3. The van der Waals surface area contributed by atoms with Gasteiger partial charge < -0.3 is 19.8 Å². The van der Waals surface area contributed by atoms with Crippen molar-refractivity contribution in [3.63, 3.8) is 0 Å². The molecule has 2 aromatic heterocycles. The van der Waals surface area contributed by atoms with E-state index in [1.54, 1.807) is 6.07 Å². The fourth-order valence-corrected chi connectivity index (χ4v) is 5.42. The van der Waals surface area contributed by atoms with Crippen LogP contribution >= 0.6 is 11.6 Å². The van der Waals surface area contributed by atoms with Gasteiger partial charge in [0, 0.05) is 61.1 Å². The number of aryl methyl sites for hydroxylation is 1. The maximum Gasteiger partial charge on any atom is 0.337 e. The fraction of sp³-hybridized carbons (Fsp3) is 0.407. The summed E-state index contributed by atoms with van der Waals surface area (Å²) in [6.07, 6.45) is 3.72. The summed E-state index contributed by atoms with van der Waals surface area (Å²) in [4.78, 5) is 32.6. The number of carbonyl (C=O) groups is 1. The summed E-state index contributed by atoms with van der Waals surface area (Å²) >= 11 is 6.30. The quantitative estimate of drug-likeness (QED) is 0.523. The number of benzene rings is 1. The molecule has 2 fully saturated rings. The summed E-state index contributed by atoms with van der Waals surface area (Å²) in [7, 11) is 0. The van der Waals surface area contributed by atoms with Crippen molar-refractivity contribution in [1.29, 1.82) is 0 Å². The van der Waals surface area contributed by atoms with Crippen LogP contribution in [0.3, 0.4) is 0 Å². The van der Waals surface area contributed by atoms with Crippen LogP contribution < -0.4 is 14.7 Å². The molecule has 2 aliphatic heterocycles. The first kappa shape index (κ1) is 24.3. The van der Waals surface area contributed by atoms with E-state index >= 15 is 0 Å². The zero-order chi connectivity index (χ0) is 25.4. The number of carboxylic acid groups (broad SMARTS) is 1. The Labute approximate surface area is 216 Å². The Bertz CT molecular complexity index is 1280. The van der Waals surface area contributed by atoms with Gasteiger partial charge in [0.1, 0.15) is 11.6 Å². The number of nitrogens with zero attached hydrogens (tertiary/aromatic N) is 6. The molecule has 9 heteroatoms. The van der Waals surface area contributed by atoms with Crippen molar-refractivity contribution >= 4 is 35.2 Å². The van der Waals surface area contributed by atoms with Gasteiger partial charge in [-0.1, -0.05) is 23.7 Å². The van der Waals surface area contributed by atoms with Crippen LogP contribution in [-0.2, 0) is 0 Å². The molecule has 0 saturated carbocycles. The van der Waals surface area contributed by atoms with E-state index in [9.17, 15) is 9.90 Å². The largest absolute Gasteiger partial charge is 0.478 e. The van der Waals surface area contributed by atoms with Crippen LogP contribution in [0, 0.1) is 6.92 Å². The van der Waals surface area contributed by atoms with E-state index in [-0.39, 0.29) is 11.6 Å². The Balaban J connectivity index is 1.45. The SMILES string of the molecule is Cc1cc(C(=O)O)cnc1N1CCN(c2cc(-c3cccc(Cl)c3)nc(N3CCC[C@H]3C)n2)[C@H](C)C1. The molecule has 188 valence electrons. The number of aromatic nitrogens is 3. The molecule has 2 atom stereocenters. The number of piperazine rings is 1. The standard InChI is InChI=1S/C27H31ClN6O2/c1-17-12-21(26(35)36)15-29-25(17)32-10-11-33(19(3)16-32)24-14-23(20-7-4-8-22(28)13-20)30-27(31-24)34-9-5-6-18(34)2/h4,7-8,12-15,18-19H,5-6,9-11,16H2,1-3H3,(H,35,36)/t18-,19-/m1/s1. The summed E-state index contributed by atoms with van der Waals surface area (Å²) in [5.41, 5.74) is 2.92. The summed E-state index contributed by atoms with van der Waals surface area (Å²) < 4.78 is 0. The average Bonchev–Trinajstić information content (AvgIpc) is 3.29. The van der Waals surface area contributed by atoms with E-state index < -0.39 is 5.97 Å². The van der Waals surface area contributed by atoms with Crippen LogP contribution in [0.25, 0.3) is 11.3 Å². The Kier molecular flexibility index (Phi) is 6.71. The molecule has 36 heavy (non-hydrogen) atoms. The number of hydrogen-bond donors (Lipinski definition) is 1. The van der Waals surface area contributed by atoms with Crippen molar-refractivity contribution < 1.29 is 9.90 Å². The number of aromatic carboxylic acids is 1. The third-order valence-corrected chi connectivity index (χ3v) is 7.39. The second kappa shape index (κ2) is 9.93. The molecule has 1 aromatic carbocycles. The van der Waals surface area contributed by atoms with Gasteiger partial charge in [0.2, 0.25) is 5.95 Å². The van der Waals surface area contributed by atoms with E-state index in [2.05, 4.69) is 39.6 Å². The minimum absolute atomic E-state index is 0.171. The minimum atomic E-state index is -0.960. The molecular weight excluding hydrogens is 476 g/mol. The molecule has 2 aliphatic rings. The van der Waals surface area contributed by atoms with Gasteiger partial charge in [-0.2, -0.15) is 4.98 Å². The lowest BCUT2D eigenvalue weighted by Gasteiger charge is -2.41. The third kappa shape index (κ3) is 4.82. The van der Waals surface area contributed by atoms with Crippen LogP contribution in [-0.4, -0.2) is 64.3 Å². The summed E-state index contributed by atoms with van der Waals surface area (Å²) in [6, 6.07) is 12.1. The van der Waals surface area contributed by atoms with Gasteiger partial charge in [0.05, 0.1) is 11.3 Å². The first-order valence-electron chi connectivity index (χ1n) is 12.4. The van der Waals surface area contributed by atoms with Gasteiger partial charge in [0.15, 0.2) is 0 Å². The third-order valence-electron chi connectivity index (χ3n) is 7.15. The van der Waals surface area contributed by atoms with E-state index in [1.165, 1.54) is 6.20 Å². The number of hydrogen-bond acceptors (Lipinski definition) is 7. The molecule has 3 aromatic rings. The molecule has 0 aliphatic carbocycles. The second-order valence-corrected chi connectivity index (χ2v) is 10.2. The van der Waals surface area contributed by atoms with Gasteiger partial charge in [-0.25, -0.2) is 14.8 Å². The Morgan fingerprint density at radius 1 is 1.06 bits per heavy atom. The van der Waals surface area contributed by atoms with Gasteiger partial charge in [-0.3, -0.25) is 0 Å². The van der Waals surface area contributed by atoms with Crippen LogP contribution in [0.1, 0.15) is 42.6 Å². The lowest BCUT2D eigenvalue weighted by molar-refractivity contribution is 0.0696. The molecule has 0 radical (unpaired) electrons. The van der Waals surface area contributed by atoms with Crippen molar-refractivity contribution in [2.75, 3.05) is 40.9 Å². The topological polar surface area (TPSA) is 85.7 Å². The molecule has 4 heterocycles. The van der Waals surface area contributed by atoms with E-state index in [1.807, 2.05) is 31.2 Å². The number of pyridine rings is 1. The van der Waals surface area contributed by atoms with Gasteiger partial charge in [-0.15, -0.1) is 0 Å². The maximum atomic E-state index is 11.3. The highest BCUT2D eigenvalue weighted by Gasteiger charge is 2.29. The Hall–Kier alpha value is -3.39. The monoisotopic (exact) mass is 506 g/mol. The summed E-state index contributed by atoms with van der Waals surface area (Å²) in [5, 5.41) is 9.95. The highest BCUT2D eigenvalue weighted by atomic mass is 35.5. The number of halogens is 1. The highest BCUT2D eigenvalue weighted by molar-refractivity contribution is 6.30. The lowest BCUT2D eigenvalue weighted by atomic mass is 10.1. The zero-order valence-corrected chi connectivity index (χ0v) is 21.6. The van der Waals surface area contributed by atoms with Crippen molar-refractivity contribution in [2.45, 2.75) is 45.7 Å². The summed E-state index contributed by atoms with van der Waals surface area (Å²) in [5.74, 6) is 1.55. The molecule has 0 unspecified atom stereocenters. The van der Waals surface area contributed by atoms with E-state index in [4.69, 9.17) is 21.6 Å². The molecule has 0 bridgehead atoms. The van der Waals surface area contributed by atoms with Gasteiger partial charge in [0.25, 0.3) is 0 Å². The van der Waals surface area contributed by atoms with E-state index in [0.29, 0.717) is 11.1 Å². The molecule has 0 spiro atoms. The average molecular weight is 507 g/mol. The first-order chi connectivity index (χ1) is 17.3. The molecule has 0 amide bonds. The van der Waals surface area contributed by atoms with Gasteiger partial charge in [-0.05, 0) is 57.4 Å². The zero-order valence-electron chi connectivity index (χ0n) is 20.9. The fourth-order valence-electron chi connectivity index (χ4n) is 5.23. The van der Waals surface area contributed by atoms with Crippen LogP contribution in [0.4, 0.5) is 17.6 Å². The highest BCUT2D eigenvalue weighted by Crippen LogP contribution is 2.32. The minimum Gasteiger partial charge on any atom is -0.478 e. The first-order valence-corrected chi connectivity index (χ1v) is 12.8. The Morgan fingerprint density at radius 3 is 2.56 bits per heavy atom. The normalized spacial score (nSPS) is 20.2. The van der Waals surface area contributed by atoms with Crippen LogP contribution in [0.2, 0.25) is 5.02 Å². The summed E-state index contributed by atoms with van der Waals surface area (Å²) in [6.45, 7) is 9.57. The Morgan fingerprint density at radius 2 is 1.89 bits per heavy atom. The van der Waals surface area contributed by atoms with Crippen LogP contribution in [0.15, 0.2) is 42.6 Å². The van der Waals surface area contributed by atoms with Crippen molar-refractivity contribution in [3.05, 3.63) is 58.7 Å². The molecule has 2 saturated heterocycles.